The molecule has 2 unspecified atom stereocenters. The Hall–Kier alpha value is -0.870. The van der Waals surface area contributed by atoms with E-state index in [-0.39, 0.29) is 18.1 Å². The third-order valence-electron chi connectivity index (χ3n) is 2.97. The zero-order valence-electron chi connectivity index (χ0n) is 10.00. The van der Waals surface area contributed by atoms with Gasteiger partial charge in [-0.1, -0.05) is 15.9 Å². The molecule has 1 aliphatic rings. The molecule has 4 heteroatoms. The zero-order valence-corrected chi connectivity index (χ0v) is 11.6. The summed E-state index contributed by atoms with van der Waals surface area (Å²) in [5.74, 6) is -0.0419. The number of halogens is 1. The minimum atomic E-state index is -0.298. The van der Waals surface area contributed by atoms with Gasteiger partial charge in [0, 0.05) is 10.2 Å². The standard InChI is InChI=1S/C13H16BrNO2/c1-8-7-10(14)4-5-11(8)15-13(16)12-6-3-9(2)17-12/h4-5,7,9,12H,3,6H2,1-2H3,(H,15,16). The number of ether oxygens (including phenoxy) is 1. The van der Waals surface area contributed by atoms with E-state index in [1.165, 1.54) is 0 Å². The lowest BCUT2D eigenvalue weighted by molar-refractivity contribution is -0.126. The second-order valence-corrected chi connectivity index (χ2v) is 5.38. The highest BCUT2D eigenvalue weighted by Crippen LogP contribution is 2.23. The first kappa shape index (κ1) is 12.6. The van der Waals surface area contributed by atoms with E-state index in [1.807, 2.05) is 32.0 Å². The molecule has 0 spiro atoms. The van der Waals surface area contributed by atoms with Gasteiger partial charge in [-0.15, -0.1) is 0 Å². The molecular formula is C13H16BrNO2. The Morgan fingerprint density at radius 2 is 2.24 bits per heavy atom. The van der Waals surface area contributed by atoms with Crippen molar-refractivity contribution in [1.29, 1.82) is 0 Å². The number of aryl methyl sites for hydroxylation is 1. The van der Waals surface area contributed by atoms with Crippen LogP contribution in [0.25, 0.3) is 0 Å². The van der Waals surface area contributed by atoms with Gasteiger partial charge in [0.1, 0.15) is 6.10 Å². The van der Waals surface area contributed by atoms with Crippen molar-refractivity contribution in [3.8, 4) is 0 Å². The largest absolute Gasteiger partial charge is 0.365 e. The zero-order chi connectivity index (χ0) is 12.4. The molecule has 1 aromatic carbocycles. The maximum atomic E-state index is 11.9. The predicted molar refractivity (Wildman–Crippen MR) is 71.1 cm³/mol. The molecule has 1 saturated heterocycles. The molecule has 0 aromatic heterocycles. The Labute approximate surface area is 110 Å². The number of hydrogen-bond donors (Lipinski definition) is 1. The van der Waals surface area contributed by atoms with E-state index in [0.29, 0.717) is 0 Å². The van der Waals surface area contributed by atoms with Crippen molar-refractivity contribution in [2.75, 3.05) is 5.32 Å². The van der Waals surface area contributed by atoms with E-state index < -0.39 is 0 Å². The van der Waals surface area contributed by atoms with Crippen LogP contribution in [0.2, 0.25) is 0 Å². The lowest BCUT2D eigenvalue weighted by Gasteiger charge is -2.13. The quantitative estimate of drug-likeness (QED) is 0.910. The van der Waals surface area contributed by atoms with Gasteiger partial charge in [0.25, 0.3) is 5.91 Å². The molecule has 92 valence electrons. The predicted octanol–water partition coefficient (Wildman–Crippen LogP) is 3.26. The number of amides is 1. The number of anilines is 1. The molecule has 1 aliphatic heterocycles. The van der Waals surface area contributed by atoms with Crippen LogP contribution in [0.5, 0.6) is 0 Å². The van der Waals surface area contributed by atoms with Gasteiger partial charge in [-0.2, -0.15) is 0 Å². The topological polar surface area (TPSA) is 38.3 Å². The fourth-order valence-electron chi connectivity index (χ4n) is 1.98. The summed E-state index contributed by atoms with van der Waals surface area (Å²) in [5.41, 5.74) is 1.89. The van der Waals surface area contributed by atoms with Gasteiger partial charge in [-0.25, -0.2) is 0 Å². The summed E-state index contributed by atoms with van der Waals surface area (Å²) in [6.45, 7) is 3.97. The van der Waals surface area contributed by atoms with Crippen LogP contribution in [-0.4, -0.2) is 18.1 Å². The first-order valence-electron chi connectivity index (χ1n) is 5.79. The second kappa shape index (κ2) is 5.19. The third kappa shape index (κ3) is 3.07. The fourth-order valence-corrected chi connectivity index (χ4v) is 2.45. The lowest BCUT2D eigenvalue weighted by atomic mass is 10.1. The molecular weight excluding hydrogens is 282 g/mol. The Morgan fingerprint density at radius 1 is 1.47 bits per heavy atom. The molecule has 1 fully saturated rings. The number of hydrogen-bond acceptors (Lipinski definition) is 2. The third-order valence-corrected chi connectivity index (χ3v) is 3.46. The summed E-state index contributed by atoms with van der Waals surface area (Å²) in [7, 11) is 0. The first-order valence-corrected chi connectivity index (χ1v) is 6.58. The van der Waals surface area contributed by atoms with Gasteiger partial charge < -0.3 is 10.1 Å². The van der Waals surface area contributed by atoms with E-state index in [0.717, 1.165) is 28.6 Å². The average molecular weight is 298 g/mol. The van der Waals surface area contributed by atoms with Crippen molar-refractivity contribution in [1.82, 2.24) is 0 Å². The lowest BCUT2D eigenvalue weighted by Crippen LogP contribution is -2.27. The van der Waals surface area contributed by atoms with Crippen LogP contribution in [0.4, 0.5) is 5.69 Å². The average Bonchev–Trinajstić information content (AvgIpc) is 2.69. The van der Waals surface area contributed by atoms with Crippen LogP contribution in [0.1, 0.15) is 25.3 Å². The Balaban J connectivity index is 2.03. The van der Waals surface area contributed by atoms with Crippen LogP contribution < -0.4 is 5.32 Å². The van der Waals surface area contributed by atoms with Gasteiger partial charge in [0.05, 0.1) is 6.10 Å². The molecule has 0 saturated carbocycles. The van der Waals surface area contributed by atoms with Crippen molar-refractivity contribution >= 4 is 27.5 Å². The van der Waals surface area contributed by atoms with Gasteiger partial charge >= 0.3 is 0 Å². The molecule has 0 radical (unpaired) electrons. The van der Waals surface area contributed by atoms with E-state index in [2.05, 4.69) is 21.2 Å². The van der Waals surface area contributed by atoms with Gasteiger partial charge in [-0.3, -0.25) is 4.79 Å². The molecule has 3 nitrogen and oxygen atoms in total. The molecule has 0 aliphatic carbocycles. The number of nitrogens with one attached hydrogen (secondary N) is 1. The number of carbonyl (C=O) groups excluding carboxylic acids is 1. The Bertz CT molecular complexity index is 433. The monoisotopic (exact) mass is 297 g/mol. The fraction of sp³-hybridized carbons (Fsp3) is 0.462. The number of rotatable bonds is 2. The summed E-state index contributed by atoms with van der Waals surface area (Å²) < 4.78 is 6.55. The smallest absolute Gasteiger partial charge is 0.253 e. The minimum absolute atomic E-state index is 0.0419. The Morgan fingerprint density at radius 3 is 2.82 bits per heavy atom. The van der Waals surface area contributed by atoms with Gasteiger partial charge in [0.2, 0.25) is 0 Å². The molecule has 17 heavy (non-hydrogen) atoms. The first-order chi connectivity index (χ1) is 8.06. The molecule has 2 atom stereocenters. The SMILES string of the molecule is Cc1cc(Br)ccc1NC(=O)C1CCC(C)O1. The van der Waals surface area contributed by atoms with Crippen LogP contribution in [0.3, 0.4) is 0 Å². The number of carbonyl (C=O) groups is 1. The maximum Gasteiger partial charge on any atom is 0.253 e. The highest BCUT2D eigenvalue weighted by atomic mass is 79.9. The van der Waals surface area contributed by atoms with E-state index in [1.54, 1.807) is 0 Å². The Kier molecular flexibility index (Phi) is 3.84. The van der Waals surface area contributed by atoms with Crippen LogP contribution in [0.15, 0.2) is 22.7 Å². The highest BCUT2D eigenvalue weighted by Gasteiger charge is 2.28. The molecule has 1 aromatic rings. The maximum absolute atomic E-state index is 11.9. The normalized spacial score (nSPS) is 23.7. The summed E-state index contributed by atoms with van der Waals surface area (Å²) in [6, 6.07) is 5.80. The minimum Gasteiger partial charge on any atom is -0.365 e. The van der Waals surface area contributed by atoms with E-state index in [4.69, 9.17) is 4.74 Å². The van der Waals surface area contributed by atoms with Crippen molar-refractivity contribution in [3.63, 3.8) is 0 Å². The summed E-state index contributed by atoms with van der Waals surface area (Å²) in [6.07, 6.45) is 1.66. The second-order valence-electron chi connectivity index (χ2n) is 4.46. The van der Waals surface area contributed by atoms with Gasteiger partial charge in [0.15, 0.2) is 0 Å². The molecule has 1 heterocycles. The van der Waals surface area contributed by atoms with Crippen LogP contribution in [0, 0.1) is 6.92 Å². The summed E-state index contributed by atoms with van der Waals surface area (Å²) >= 11 is 3.40. The van der Waals surface area contributed by atoms with Gasteiger partial charge in [-0.05, 0) is 50.5 Å². The van der Waals surface area contributed by atoms with Crippen molar-refractivity contribution in [2.24, 2.45) is 0 Å². The summed E-state index contributed by atoms with van der Waals surface area (Å²) in [4.78, 5) is 11.9. The molecule has 1 amide bonds. The van der Waals surface area contributed by atoms with Crippen molar-refractivity contribution in [2.45, 2.75) is 38.9 Å². The number of benzene rings is 1. The summed E-state index contributed by atoms with van der Waals surface area (Å²) in [5, 5.41) is 2.92. The van der Waals surface area contributed by atoms with Crippen molar-refractivity contribution in [3.05, 3.63) is 28.2 Å². The van der Waals surface area contributed by atoms with E-state index >= 15 is 0 Å². The van der Waals surface area contributed by atoms with Crippen LogP contribution >= 0.6 is 15.9 Å². The molecule has 0 bridgehead atoms. The molecule has 1 N–H and O–H groups in total. The van der Waals surface area contributed by atoms with Crippen LogP contribution in [-0.2, 0) is 9.53 Å². The molecule has 2 rings (SSSR count). The highest BCUT2D eigenvalue weighted by molar-refractivity contribution is 9.10. The van der Waals surface area contributed by atoms with Crippen molar-refractivity contribution < 1.29 is 9.53 Å². The van der Waals surface area contributed by atoms with E-state index in [9.17, 15) is 4.79 Å².